The molecule has 0 bridgehead atoms. The van der Waals surface area contributed by atoms with Gasteiger partial charge in [-0.1, -0.05) is 27.7 Å². The van der Waals surface area contributed by atoms with E-state index in [0.29, 0.717) is 30.8 Å². The largest absolute Gasteiger partial charge is 1.00 e. The molecule has 200 valence electrons. The summed E-state index contributed by atoms with van der Waals surface area (Å²) in [7, 11) is 0. The molecule has 2 fully saturated rings. The Labute approximate surface area is 278 Å². The van der Waals surface area contributed by atoms with Crippen LogP contribution in [-0.4, -0.2) is 62.9 Å². The van der Waals surface area contributed by atoms with Crippen LogP contribution >= 0.6 is 0 Å². The van der Waals surface area contributed by atoms with Crippen molar-refractivity contribution in [1.82, 2.24) is 19.5 Å². The first-order chi connectivity index (χ1) is 17.0. The fraction of sp³-hybridized carbons (Fsp3) is 0.462. The number of benzene rings is 1. The van der Waals surface area contributed by atoms with E-state index in [-0.39, 0.29) is 82.4 Å². The van der Waals surface area contributed by atoms with E-state index in [1.54, 1.807) is 15.6 Å². The van der Waals surface area contributed by atoms with Gasteiger partial charge in [-0.15, -0.1) is 0 Å². The number of nitrogens with zero attached hydrogens (tertiary/aromatic N) is 5. The van der Waals surface area contributed by atoms with Crippen LogP contribution in [0.2, 0.25) is 0 Å². The number of hydrogen-bond donors (Lipinski definition) is 2. The number of aliphatic hydroxyl groups is 1. The van der Waals surface area contributed by atoms with Crippen LogP contribution in [0.4, 0.5) is 25.1 Å². The third-order valence-corrected chi connectivity index (χ3v) is 5.28. The molecule has 2 aliphatic heterocycles. The normalized spacial score (nSPS) is 15.6. The van der Waals surface area contributed by atoms with Crippen LogP contribution in [0, 0.1) is 19.1 Å². The Hall–Kier alpha value is -1.22. The first-order valence-electron chi connectivity index (χ1n) is 12.2. The van der Waals surface area contributed by atoms with E-state index in [2.05, 4.69) is 20.3 Å². The number of hydrogen-bond acceptors (Lipinski definition) is 5. The Kier molecular flexibility index (Phi) is 18.3. The summed E-state index contributed by atoms with van der Waals surface area (Å²) in [6.07, 6.45) is 6.05. The van der Waals surface area contributed by atoms with Crippen molar-refractivity contribution in [2.24, 2.45) is 0 Å². The first kappa shape index (κ1) is 35.8. The maximum absolute atomic E-state index is 12.3. The van der Waals surface area contributed by atoms with Gasteiger partial charge in [0.25, 0.3) is 0 Å². The smallest absolute Gasteiger partial charge is 0.391 e. The molecule has 4 heterocycles. The van der Waals surface area contributed by atoms with Crippen molar-refractivity contribution >= 4 is 23.2 Å². The molecule has 1 aromatic carbocycles. The summed E-state index contributed by atoms with van der Waals surface area (Å²) in [6, 6.07) is 6.05. The van der Waals surface area contributed by atoms with Crippen LogP contribution in [0.15, 0.2) is 42.7 Å². The van der Waals surface area contributed by atoms with Gasteiger partial charge >= 0.3 is 74.9 Å². The summed E-state index contributed by atoms with van der Waals surface area (Å²) in [6.45, 7) is 11.0. The van der Waals surface area contributed by atoms with Crippen molar-refractivity contribution in [1.29, 1.82) is 0 Å². The molecule has 1 atom stereocenters. The van der Waals surface area contributed by atoms with Gasteiger partial charge in [0, 0.05) is 32.4 Å². The minimum absolute atomic E-state index is 0. The molecular weight excluding hydrogens is 599 g/mol. The number of β-amino-alcohol motifs (C(OH)–C–C–N with tert-alkyl or cyclic N) is 1. The SMILES string of the molecule is CC.CC.Fc1ccc(F)cc1.O=C(Nc1cnn2ccc(N3CCCC3)nc12)N1CCC(O)C1.[CH3-].[Cs+]. The van der Waals surface area contributed by atoms with E-state index in [4.69, 9.17) is 0 Å². The van der Waals surface area contributed by atoms with E-state index in [1.165, 1.54) is 12.8 Å². The molecule has 37 heavy (non-hydrogen) atoms. The number of fused-ring (bicyclic) bond motifs is 1. The van der Waals surface area contributed by atoms with Crippen molar-refractivity contribution < 1.29 is 87.6 Å². The number of nitrogens with one attached hydrogen (secondary N) is 1. The predicted octanol–water partition coefficient (Wildman–Crippen LogP) is 2.40. The maximum Gasteiger partial charge on any atom is 1.00 e. The molecule has 2 saturated heterocycles. The van der Waals surface area contributed by atoms with Gasteiger partial charge in [0.05, 0.1) is 12.3 Å². The fourth-order valence-corrected chi connectivity index (χ4v) is 3.62. The number of anilines is 2. The molecule has 2 aromatic heterocycles. The number of rotatable bonds is 2. The molecule has 0 saturated carbocycles. The topological polar surface area (TPSA) is 86.0 Å². The molecular formula is C26H39CsF2N6O2. The molecule has 2 amide bonds. The van der Waals surface area contributed by atoms with Crippen LogP contribution in [0.1, 0.15) is 47.0 Å². The molecule has 5 rings (SSSR count). The zero-order chi connectivity index (χ0) is 25.8. The van der Waals surface area contributed by atoms with Gasteiger partial charge in [-0.25, -0.2) is 23.1 Å². The number of urea groups is 1. The number of carbonyl (C=O) groups excluding carboxylic acids is 1. The van der Waals surface area contributed by atoms with Crippen LogP contribution in [0.3, 0.4) is 0 Å². The van der Waals surface area contributed by atoms with Crippen molar-refractivity contribution in [2.45, 2.75) is 53.1 Å². The average Bonchev–Trinajstić information content (AvgIpc) is 3.66. The molecule has 8 nitrogen and oxygen atoms in total. The van der Waals surface area contributed by atoms with E-state index in [1.807, 2.05) is 40.0 Å². The Morgan fingerprint density at radius 2 is 1.57 bits per heavy atom. The number of aromatic nitrogens is 3. The summed E-state index contributed by atoms with van der Waals surface area (Å²) in [5.41, 5.74) is 1.24. The zero-order valence-corrected chi connectivity index (χ0v) is 29.2. The van der Waals surface area contributed by atoms with Gasteiger partial charge in [0.1, 0.15) is 23.1 Å². The molecule has 0 radical (unpaired) electrons. The summed E-state index contributed by atoms with van der Waals surface area (Å²) in [5, 5.41) is 16.6. The quantitative estimate of drug-likeness (QED) is 0.422. The van der Waals surface area contributed by atoms with Gasteiger partial charge in [0.2, 0.25) is 0 Å². The summed E-state index contributed by atoms with van der Waals surface area (Å²) >= 11 is 0. The van der Waals surface area contributed by atoms with Crippen molar-refractivity contribution in [2.75, 3.05) is 36.4 Å². The monoisotopic (exact) mass is 638 g/mol. The van der Waals surface area contributed by atoms with Crippen molar-refractivity contribution in [3.05, 3.63) is 61.8 Å². The van der Waals surface area contributed by atoms with E-state index in [0.717, 1.165) is 43.2 Å². The minimum atomic E-state index is -0.426. The van der Waals surface area contributed by atoms with Crippen LogP contribution in [0.5, 0.6) is 0 Å². The van der Waals surface area contributed by atoms with E-state index in [9.17, 15) is 18.7 Å². The van der Waals surface area contributed by atoms with Crippen LogP contribution in [-0.2, 0) is 0 Å². The van der Waals surface area contributed by atoms with Gasteiger partial charge in [-0.3, -0.25) is 0 Å². The second kappa shape index (κ2) is 18.9. The molecule has 11 heteroatoms. The van der Waals surface area contributed by atoms with E-state index >= 15 is 0 Å². The van der Waals surface area contributed by atoms with Gasteiger partial charge < -0.3 is 27.6 Å². The van der Waals surface area contributed by atoms with Crippen LogP contribution in [0.25, 0.3) is 5.65 Å². The molecule has 0 spiro atoms. The predicted molar refractivity (Wildman–Crippen MR) is 141 cm³/mol. The zero-order valence-electron chi connectivity index (χ0n) is 22.9. The van der Waals surface area contributed by atoms with Crippen molar-refractivity contribution in [3.8, 4) is 0 Å². The third kappa shape index (κ3) is 10.8. The van der Waals surface area contributed by atoms with Crippen molar-refractivity contribution in [3.63, 3.8) is 0 Å². The number of carbonyl (C=O) groups is 1. The molecule has 3 aromatic rings. The molecule has 2 N–H and O–H groups in total. The number of amides is 2. The van der Waals surface area contributed by atoms with Gasteiger partial charge in [0.15, 0.2) is 5.65 Å². The number of likely N-dealkylation sites (tertiary alicyclic amines) is 1. The summed E-state index contributed by atoms with van der Waals surface area (Å²) < 4.78 is 25.5. The molecule has 0 aliphatic carbocycles. The first-order valence-corrected chi connectivity index (χ1v) is 12.2. The number of halogens is 2. The second-order valence-corrected chi connectivity index (χ2v) is 7.56. The average molecular weight is 639 g/mol. The summed E-state index contributed by atoms with van der Waals surface area (Å²) in [5.74, 6) is 0.0976. The van der Waals surface area contributed by atoms with Gasteiger partial charge in [-0.05, 0) is 49.6 Å². The maximum atomic E-state index is 12.3. The molecule has 1 unspecified atom stereocenters. The third-order valence-electron chi connectivity index (χ3n) is 5.28. The Morgan fingerprint density at radius 1 is 1.00 bits per heavy atom. The Bertz CT molecular complexity index is 1020. The summed E-state index contributed by atoms with van der Waals surface area (Å²) in [4.78, 5) is 20.8. The number of aliphatic hydroxyl groups excluding tert-OH is 1. The Balaban J connectivity index is 0.000000788. The van der Waals surface area contributed by atoms with E-state index < -0.39 is 17.7 Å². The minimum Gasteiger partial charge on any atom is -0.391 e. The van der Waals surface area contributed by atoms with Gasteiger partial charge in [-0.2, -0.15) is 5.10 Å². The second-order valence-electron chi connectivity index (χ2n) is 7.56. The molecule has 2 aliphatic rings. The Morgan fingerprint density at radius 3 is 2.08 bits per heavy atom. The van der Waals surface area contributed by atoms with Crippen LogP contribution < -0.4 is 79.1 Å². The fourth-order valence-electron chi connectivity index (χ4n) is 3.62. The standard InChI is InChI=1S/C15H20N6O2.C6H4F2.2C2H6.CH3.Cs/c22-11-3-7-20(10-11)15(23)17-12-9-16-21-8-4-13(18-14(12)21)19-5-1-2-6-19;7-5-1-2-6(8)4-3-5;2*1-2;;/h4,8-9,11,22H,1-3,5-7,10H2,(H,17,23);1-4H;2*1-2H3;1H3;/q;;;;-1;+1.